The average molecular weight is 494 g/mol. The van der Waals surface area contributed by atoms with Crippen molar-refractivity contribution >= 4 is 29.2 Å². The smallest absolute Gasteiger partial charge is 0.293 e. The van der Waals surface area contributed by atoms with E-state index in [2.05, 4.69) is 16.0 Å². The van der Waals surface area contributed by atoms with Crippen molar-refractivity contribution in [1.82, 2.24) is 15.2 Å². The third-order valence-corrected chi connectivity index (χ3v) is 6.37. The zero-order chi connectivity index (χ0) is 25.7. The molecule has 1 aromatic carbocycles. The molecule has 0 unspecified atom stereocenters. The third kappa shape index (κ3) is 4.17. The zero-order valence-electron chi connectivity index (χ0n) is 18.9. The Morgan fingerprint density at radius 2 is 1.74 bits per heavy atom. The van der Waals surface area contributed by atoms with Gasteiger partial charge < -0.3 is 20.5 Å². The van der Waals surface area contributed by atoms with Gasteiger partial charge in [0.15, 0.2) is 11.6 Å². The molecule has 2 aliphatic rings. The van der Waals surface area contributed by atoms with Crippen LogP contribution < -0.4 is 16.0 Å². The van der Waals surface area contributed by atoms with Gasteiger partial charge in [-0.3, -0.25) is 19.2 Å². The number of hydrogen-bond acceptors (Lipinski definition) is 4. The number of nitrogens with zero attached hydrogens (tertiary/aromatic N) is 1. The van der Waals surface area contributed by atoms with Crippen LogP contribution in [0.4, 0.5) is 23.2 Å². The van der Waals surface area contributed by atoms with Crippen LogP contribution in [-0.2, 0) is 22.6 Å². The predicted molar refractivity (Wildman–Crippen MR) is 115 cm³/mol. The summed E-state index contributed by atoms with van der Waals surface area (Å²) in [5.41, 5.74) is -1.30. The molecule has 1 aliphatic heterocycles. The molecule has 2 aromatic rings. The van der Waals surface area contributed by atoms with E-state index in [0.29, 0.717) is 25.1 Å². The van der Waals surface area contributed by atoms with Crippen molar-refractivity contribution in [3.63, 3.8) is 0 Å². The van der Waals surface area contributed by atoms with Crippen LogP contribution in [0.15, 0.2) is 18.2 Å². The van der Waals surface area contributed by atoms with E-state index in [1.54, 1.807) is 4.57 Å². The van der Waals surface area contributed by atoms with Crippen molar-refractivity contribution < 1.29 is 36.7 Å². The Hall–Kier alpha value is -3.70. The second-order valence-corrected chi connectivity index (χ2v) is 8.79. The van der Waals surface area contributed by atoms with Crippen LogP contribution in [0.5, 0.6) is 0 Å². The lowest BCUT2D eigenvalue weighted by Crippen LogP contribution is -2.69. The van der Waals surface area contributed by atoms with Gasteiger partial charge in [0.05, 0.1) is 5.56 Å². The second kappa shape index (κ2) is 8.51. The summed E-state index contributed by atoms with van der Waals surface area (Å²) in [6.07, 6.45) is -0.912. The molecule has 0 saturated heterocycles. The molecule has 3 N–H and O–H groups in total. The maximum absolute atomic E-state index is 13.6. The summed E-state index contributed by atoms with van der Waals surface area (Å²) in [4.78, 5) is 51.1. The summed E-state index contributed by atoms with van der Waals surface area (Å²) >= 11 is 0. The topological polar surface area (TPSA) is 109 Å². The quantitative estimate of drug-likeness (QED) is 0.326. The molecule has 0 bridgehead atoms. The third-order valence-electron chi connectivity index (χ3n) is 6.37. The molecule has 1 aromatic heterocycles. The molecule has 3 amide bonds. The highest BCUT2D eigenvalue weighted by atomic mass is 19.3. The van der Waals surface area contributed by atoms with Crippen molar-refractivity contribution in [2.45, 2.75) is 50.6 Å². The number of carbonyl (C=O) groups excluding carboxylic acids is 4. The van der Waals surface area contributed by atoms with E-state index in [9.17, 15) is 36.7 Å². The molecule has 8 nitrogen and oxygen atoms in total. The molecule has 186 valence electrons. The first kappa shape index (κ1) is 24.4. The van der Waals surface area contributed by atoms with Crippen molar-refractivity contribution in [3.05, 3.63) is 52.3 Å². The molecular formula is C23H22F4N4O4. The minimum atomic E-state index is -3.15. The molecule has 0 spiro atoms. The van der Waals surface area contributed by atoms with Crippen molar-refractivity contribution in [2.24, 2.45) is 0 Å². The molecule has 4 rings (SSSR count). The van der Waals surface area contributed by atoms with Crippen LogP contribution in [0.2, 0.25) is 0 Å². The van der Waals surface area contributed by atoms with Crippen LogP contribution in [0.1, 0.15) is 51.4 Å². The molecule has 12 heteroatoms. The lowest BCUT2D eigenvalue weighted by Gasteiger charge is -2.45. The lowest BCUT2D eigenvalue weighted by atomic mass is 9.72. The van der Waals surface area contributed by atoms with Gasteiger partial charge in [0, 0.05) is 43.9 Å². The SMILES string of the molecule is CNC(=O)C1(NC(=O)C(=O)c2c(C)c(C(=O)Nc3ccc(F)c(F)c3)n3c2CCC3)CC(F)(F)C1. The molecule has 0 atom stereocenters. The molecule has 1 saturated carbocycles. The summed E-state index contributed by atoms with van der Waals surface area (Å²) < 4.78 is 55.4. The van der Waals surface area contributed by atoms with E-state index in [-0.39, 0.29) is 22.5 Å². The first-order valence-electron chi connectivity index (χ1n) is 10.8. The average Bonchev–Trinajstić information content (AvgIpc) is 3.33. The number of carbonyl (C=O) groups is 4. The number of rotatable bonds is 6. The Morgan fingerprint density at radius 3 is 2.34 bits per heavy atom. The number of Topliss-reactive ketones (excluding diaryl/α,β-unsaturated/α-hetero) is 1. The van der Waals surface area contributed by atoms with Crippen LogP contribution in [0.3, 0.4) is 0 Å². The van der Waals surface area contributed by atoms with Crippen LogP contribution >= 0.6 is 0 Å². The molecule has 2 heterocycles. The number of amides is 3. The van der Waals surface area contributed by atoms with Gasteiger partial charge in [-0.25, -0.2) is 17.6 Å². The number of benzene rings is 1. The Morgan fingerprint density at radius 1 is 1.06 bits per heavy atom. The highest BCUT2D eigenvalue weighted by Gasteiger charge is 2.62. The summed E-state index contributed by atoms with van der Waals surface area (Å²) in [6.45, 7) is 1.83. The molecule has 1 aliphatic carbocycles. The van der Waals surface area contributed by atoms with E-state index >= 15 is 0 Å². The van der Waals surface area contributed by atoms with E-state index in [4.69, 9.17) is 0 Å². The molecule has 0 radical (unpaired) electrons. The minimum absolute atomic E-state index is 0.00843. The number of ketones is 1. The lowest BCUT2D eigenvalue weighted by molar-refractivity contribution is -0.164. The number of alkyl halides is 2. The Bertz CT molecular complexity index is 1260. The number of aromatic nitrogens is 1. The highest BCUT2D eigenvalue weighted by molar-refractivity contribution is 6.44. The maximum Gasteiger partial charge on any atom is 0.293 e. The van der Waals surface area contributed by atoms with Gasteiger partial charge in [-0.1, -0.05) is 0 Å². The van der Waals surface area contributed by atoms with Crippen LogP contribution in [0.25, 0.3) is 0 Å². The highest BCUT2D eigenvalue weighted by Crippen LogP contribution is 2.46. The number of likely N-dealkylation sites (N-methyl/N-ethyl adjacent to an activating group) is 1. The van der Waals surface area contributed by atoms with E-state index in [1.165, 1.54) is 20.0 Å². The van der Waals surface area contributed by atoms with Crippen molar-refractivity contribution in [3.8, 4) is 0 Å². The number of nitrogens with one attached hydrogen (secondary N) is 3. The van der Waals surface area contributed by atoms with Gasteiger partial charge >= 0.3 is 0 Å². The van der Waals surface area contributed by atoms with Gasteiger partial charge in [0.1, 0.15) is 11.2 Å². The van der Waals surface area contributed by atoms with Crippen molar-refractivity contribution in [1.29, 1.82) is 0 Å². The first-order chi connectivity index (χ1) is 16.4. The Kier molecular flexibility index (Phi) is 5.94. The van der Waals surface area contributed by atoms with Gasteiger partial charge in [-0.2, -0.15) is 0 Å². The predicted octanol–water partition coefficient (Wildman–Crippen LogP) is 2.49. The van der Waals surface area contributed by atoms with E-state index in [1.807, 2.05) is 0 Å². The summed E-state index contributed by atoms with van der Waals surface area (Å²) in [6, 6.07) is 2.83. The largest absolute Gasteiger partial charge is 0.357 e. The molecule has 1 fully saturated rings. The monoisotopic (exact) mass is 494 g/mol. The fourth-order valence-electron chi connectivity index (χ4n) is 4.84. The standard InChI is InChI=1S/C23H22F4N4O4/c1-11-16(18(32)20(34)30-22(21(35)28-2)9-23(26,27)10-22)15-4-3-7-31(15)17(11)19(33)29-12-5-6-13(24)14(25)8-12/h5-6,8H,3-4,7,9-10H2,1-2H3,(H,28,35)(H,29,33)(H,30,34). The van der Waals surface area contributed by atoms with Gasteiger partial charge in [0.2, 0.25) is 5.91 Å². The number of halogens is 4. The minimum Gasteiger partial charge on any atom is -0.357 e. The molecule has 35 heavy (non-hydrogen) atoms. The van der Waals surface area contributed by atoms with Gasteiger partial charge in [-0.15, -0.1) is 0 Å². The summed E-state index contributed by atoms with van der Waals surface area (Å²) in [7, 11) is 1.23. The Balaban J connectivity index is 1.62. The van der Waals surface area contributed by atoms with Crippen molar-refractivity contribution in [2.75, 3.05) is 12.4 Å². The second-order valence-electron chi connectivity index (χ2n) is 8.79. The van der Waals surface area contributed by atoms with Gasteiger partial charge in [-0.05, 0) is 37.5 Å². The first-order valence-corrected chi connectivity index (χ1v) is 10.8. The molecular weight excluding hydrogens is 472 g/mol. The summed E-state index contributed by atoms with van der Waals surface area (Å²) in [5.74, 6) is -9.22. The van der Waals surface area contributed by atoms with Crippen LogP contribution in [-0.4, -0.2) is 46.6 Å². The Labute approximate surface area is 197 Å². The normalized spacial score (nSPS) is 17.2. The summed E-state index contributed by atoms with van der Waals surface area (Å²) in [5, 5.41) is 6.85. The van der Waals surface area contributed by atoms with Gasteiger partial charge in [0.25, 0.3) is 23.5 Å². The maximum atomic E-state index is 13.6. The number of fused-ring (bicyclic) bond motifs is 1. The van der Waals surface area contributed by atoms with E-state index in [0.717, 1.165) is 12.1 Å². The van der Waals surface area contributed by atoms with Crippen LogP contribution in [0, 0.1) is 18.6 Å². The number of hydrogen-bond donors (Lipinski definition) is 3. The number of anilines is 1. The fourth-order valence-corrected chi connectivity index (χ4v) is 4.84. The fraction of sp³-hybridized carbons (Fsp3) is 0.391. The zero-order valence-corrected chi connectivity index (χ0v) is 18.9. The van der Waals surface area contributed by atoms with E-state index < -0.39 is 59.4 Å².